The molecule has 2 N–H and O–H groups in total. The van der Waals surface area contributed by atoms with Crippen molar-refractivity contribution in [2.24, 2.45) is 11.7 Å². The number of nitrogens with zero attached hydrogens (tertiary/aromatic N) is 2. The van der Waals surface area contributed by atoms with Crippen molar-refractivity contribution in [2.45, 2.75) is 50.9 Å². The predicted molar refractivity (Wildman–Crippen MR) is 138 cm³/mol. The van der Waals surface area contributed by atoms with Crippen LogP contribution in [-0.2, 0) is 23.8 Å². The lowest BCUT2D eigenvalue weighted by Gasteiger charge is -2.38. The van der Waals surface area contributed by atoms with Crippen molar-refractivity contribution in [2.75, 3.05) is 11.4 Å². The van der Waals surface area contributed by atoms with Crippen LogP contribution in [0, 0.1) is 5.92 Å². The third-order valence-corrected chi connectivity index (χ3v) is 7.22. The molecule has 9 heteroatoms. The number of pyridine rings is 1. The molecule has 0 radical (unpaired) electrons. The molecule has 37 heavy (non-hydrogen) atoms. The van der Waals surface area contributed by atoms with Gasteiger partial charge in [0.05, 0.1) is 5.56 Å². The van der Waals surface area contributed by atoms with Gasteiger partial charge in [-0.15, -0.1) is 0 Å². The van der Waals surface area contributed by atoms with E-state index < -0.39 is 23.2 Å². The molecule has 1 aliphatic heterocycles. The van der Waals surface area contributed by atoms with Crippen LogP contribution in [-0.4, -0.2) is 29.1 Å². The second-order valence-electron chi connectivity index (χ2n) is 9.73. The molecule has 3 unspecified atom stereocenters. The number of halogens is 4. The number of aromatic nitrogens is 1. The lowest BCUT2D eigenvalue weighted by molar-refractivity contribution is -0.138. The smallest absolute Gasteiger partial charge is 0.417 e. The number of rotatable bonds is 9. The summed E-state index contributed by atoms with van der Waals surface area (Å²) in [6.45, 7) is 4.42. The Bertz CT molecular complexity index is 1230. The molecule has 0 aliphatic carbocycles. The molecule has 4 rings (SSSR count). The summed E-state index contributed by atoms with van der Waals surface area (Å²) in [6.07, 6.45) is -1.99. The molecule has 3 aromatic rings. The lowest BCUT2D eigenvalue weighted by Crippen LogP contribution is -2.51. The van der Waals surface area contributed by atoms with Gasteiger partial charge in [-0.05, 0) is 61.1 Å². The first kappa shape index (κ1) is 26.8. The Kier molecular flexibility index (Phi) is 7.69. The molecule has 0 fully saturated rings. The SMILES string of the molecule is CC(CC(C)(Oc1ccc(C(F)(F)F)cn1)C(N)=O)C(Cc1ccc(Cl)cc1)N1CCc2ccccc21. The van der Waals surface area contributed by atoms with Gasteiger partial charge in [-0.3, -0.25) is 4.79 Å². The van der Waals surface area contributed by atoms with Crippen molar-refractivity contribution in [3.05, 3.63) is 88.6 Å². The highest BCUT2D eigenvalue weighted by Crippen LogP contribution is 2.36. The van der Waals surface area contributed by atoms with Gasteiger partial charge in [0.15, 0.2) is 5.60 Å². The second kappa shape index (κ2) is 10.6. The summed E-state index contributed by atoms with van der Waals surface area (Å²) in [4.78, 5) is 18.7. The number of ether oxygens (including phenoxy) is 1. The Morgan fingerprint density at radius 3 is 2.46 bits per heavy atom. The van der Waals surface area contributed by atoms with Crippen molar-refractivity contribution in [1.29, 1.82) is 0 Å². The largest absolute Gasteiger partial charge is 0.461 e. The molecule has 2 heterocycles. The highest BCUT2D eigenvalue weighted by Gasteiger charge is 2.40. The van der Waals surface area contributed by atoms with Crippen LogP contribution in [0.4, 0.5) is 18.9 Å². The number of para-hydroxylation sites is 1. The van der Waals surface area contributed by atoms with Crippen LogP contribution < -0.4 is 15.4 Å². The molecule has 0 saturated heterocycles. The normalized spacial score (nSPS) is 16.5. The number of amides is 1. The van der Waals surface area contributed by atoms with E-state index in [1.807, 2.05) is 43.3 Å². The quantitative estimate of drug-likeness (QED) is 0.363. The van der Waals surface area contributed by atoms with E-state index in [1.165, 1.54) is 5.56 Å². The standard InChI is InChI=1S/C28H29ClF3N3O2/c1-18(16-27(2,26(33)36)37-25-12-9-21(17-34-25)28(30,31)32)24(15-19-7-10-22(29)11-8-19)35-14-13-20-5-3-4-6-23(20)35/h3-12,17-18,24H,13-16H2,1-2H3,(H2,33,36). The second-order valence-corrected chi connectivity index (χ2v) is 10.2. The van der Waals surface area contributed by atoms with Crippen molar-refractivity contribution in [1.82, 2.24) is 4.98 Å². The van der Waals surface area contributed by atoms with E-state index in [2.05, 4.69) is 22.0 Å². The van der Waals surface area contributed by atoms with Gasteiger partial charge in [-0.25, -0.2) is 4.98 Å². The number of fused-ring (bicyclic) bond motifs is 1. The van der Waals surface area contributed by atoms with Crippen LogP contribution in [0.25, 0.3) is 0 Å². The van der Waals surface area contributed by atoms with Gasteiger partial charge in [-0.1, -0.05) is 48.9 Å². The zero-order valence-corrected chi connectivity index (χ0v) is 21.4. The van der Waals surface area contributed by atoms with Crippen LogP contribution in [0.1, 0.15) is 37.0 Å². The number of carbonyl (C=O) groups is 1. The number of benzene rings is 2. The Balaban J connectivity index is 1.60. The van der Waals surface area contributed by atoms with Gasteiger partial charge in [0.25, 0.3) is 5.91 Å². The van der Waals surface area contributed by atoms with Crippen LogP contribution in [0.15, 0.2) is 66.9 Å². The van der Waals surface area contributed by atoms with Gasteiger partial charge >= 0.3 is 6.18 Å². The van der Waals surface area contributed by atoms with Crippen LogP contribution in [0.5, 0.6) is 5.88 Å². The highest BCUT2D eigenvalue weighted by atomic mass is 35.5. The fraction of sp³-hybridized carbons (Fsp3) is 0.357. The summed E-state index contributed by atoms with van der Waals surface area (Å²) in [5, 5.41) is 0.651. The molecule has 0 saturated carbocycles. The minimum Gasteiger partial charge on any atom is -0.461 e. The van der Waals surface area contributed by atoms with Gasteiger partial charge in [0.2, 0.25) is 5.88 Å². The maximum Gasteiger partial charge on any atom is 0.417 e. The number of primary amides is 1. The summed E-state index contributed by atoms with van der Waals surface area (Å²) < 4.78 is 44.7. The fourth-order valence-electron chi connectivity index (χ4n) is 4.97. The third kappa shape index (κ3) is 6.18. The molecule has 3 atom stereocenters. The summed E-state index contributed by atoms with van der Waals surface area (Å²) in [6, 6.07) is 17.9. The average molecular weight is 532 g/mol. The van der Waals surface area contributed by atoms with E-state index in [-0.39, 0.29) is 24.3 Å². The van der Waals surface area contributed by atoms with E-state index in [0.29, 0.717) is 17.6 Å². The van der Waals surface area contributed by atoms with Crippen LogP contribution >= 0.6 is 11.6 Å². The molecule has 196 valence electrons. The minimum atomic E-state index is -4.52. The van der Waals surface area contributed by atoms with Crippen molar-refractivity contribution in [3.63, 3.8) is 0 Å². The summed E-state index contributed by atoms with van der Waals surface area (Å²) in [5.74, 6) is -0.899. The average Bonchev–Trinajstić information content (AvgIpc) is 3.27. The van der Waals surface area contributed by atoms with E-state index in [1.54, 1.807) is 6.92 Å². The van der Waals surface area contributed by atoms with Gasteiger partial charge in [0, 0.05) is 42.0 Å². The summed E-state index contributed by atoms with van der Waals surface area (Å²) >= 11 is 6.09. The van der Waals surface area contributed by atoms with Crippen molar-refractivity contribution >= 4 is 23.2 Å². The molecule has 1 amide bonds. The predicted octanol–water partition coefficient (Wildman–Crippen LogP) is 6.08. The zero-order chi connectivity index (χ0) is 26.8. The van der Waals surface area contributed by atoms with Crippen molar-refractivity contribution < 1.29 is 22.7 Å². The van der Waals surface area contributed by atoms with Gasteiger partial charge in [-0.2, -0.15) is 13.2 Å². The number of anilines is 1. The Morgan fingerprint density at radius 1 is 1.14 bits per heavy atom. The maximum absolute atomic E-state index is 12.9. The Labute approximate surface area is 219 Å². The Hall–Kier alpha value is -3.26. The highest BCUT2D eigenvalue weighted by molar-refractivity contribution is 6.30. The van der Waals surface area contributed by atoms with Crippen LogP contribution in [0.2, 0.25) is 5.02 Å². The number of hydrogen-bond acceptors (Lipinski definition) is 4. The Morgan fingerprint density at radius 2 is 1.84 bits per heavy atom. The monoisotopic (exact) mass is 531 g/mol. The lowest BCUT2D eigenvalue weighted by atomic mass is 9.84. The topological polar surface area (TPSA) is 68.5 Å². The molecule has 2 aromatic carbocycles. The zero-order valence-electron chi connectivity index (χ0n) is 20.6. The van der Waals surface area contributed by atoms with Crippen LogP contribution in [0.3, 0.4) is 0 Å². The maximum atomic E-state index is 12.9. The summed E-state index contributed by atoms with van der Waals surface area (Å²) in [7, 11) is 0. The van der Waals surface area contributed by atoms with Crippen molar-refractivity contribution in [3.8, 4) is 5.88 Å². The number of hydrogen-bond donors (Lipinski definition) is 1. The number of carbonyl (C=O) groups excluding carboxylic acids is 1. The number of nitrogens with two attached hydrogens (primary N) is 1. The van der Waals surface area contributed by atoms with E-state index in [4.69, 9.17) is 22.1 Å². The first-order valence-electron chi connectivity index (χ1n) is 12.1. The third-order valence-electron chi connectivity index (χ3n) is 6.96. The fourth-order valence-corrected chi connectivity index (χ4v) is 5.10. The first-order chi connectivity index (χ1) is 17.5. The van der Waals surface area contributed by atoms with Gasteiger partial charge < -0.3 is 15.4 Å². The molecule has 0 spiro atoms. The molecule has 1 aromatic heterocycles. The van der Waals surface area contributed by atoms with Gasteiger partial charge in [0.1, 0.15) is 0 Å². The van der Waals surface area contributed by atoms with E-state index in [0.717, 1.165) is 36.3 Å². The summed E-state index contributed by atoms with van der Waals surface area (Å²) in [5.41, 5.74) is 6.89. The molecule has 0 bridgehead atoms. The number of alkyl halides is 3. The minimum absolute atomic E-state index is 0.00679. The van der Waals surface area contributed by atoms with E-state index in [9.17, 15) is 18.0 Å². The molecular weight excluding hydrogens is 503 g/mol. The first-order valence-corrected chi connectivity index (χ1v) is 12.5. The van der Waals surface area contributed by atoms with E-state index >= 15 is 0 Å². The molecular formula is C28H29ClF3N3O2. The molecule has 1 aliphatic rings. The molecule has 5 nitrogen and oxygen atoms in total.